The Labute approximate surface area is 202 Å². The average molecular weight is 490 g/mol. The molecule has 2 amide bonds. The minimum atomic E-state index is -4.47. The number of rotatable bonds is 6. The number of nitrogens with zero attached hydrogens (tertiary/aromatic N) is 1. The number of likely N-dealkylation sites (tertiary alicyclic amines) is 1. The molecular formula is C26H30F3N3O3. The maximum atomic E-state index is 13.5. The predicted molar refractivity (Wildman–Crippen MR) is 126 cm³/mol. The average Bonchev–Trinajstić information content (AvgIpc) is 2.86. The minimum absolute atomic E-state index is 0.0932. The quantitative estimate of drug-likeness (QED) is 0.644. The van der Waals surface area contributed by atoms with Crippen molar-refractivity contribution >= 4 is 17.5 Å². The summed E-state index contributed by atoms with van der Waals surface area (Å²) in [6.45, 7) is 2.19. The Kier molecular flexibility index (Phi) is 7.76. The summed E-state index contributed by atoms with van der Waals surface area (Å²) in [6, 6.07) is 14.2. The maximum Gasteiger partial charge on any atom is 0.416 e. The van der Waals surface area contributed by atoms with Crippen LogP contribution in [0.2, 0.25) is 0 Å². The number of halogens is 3. The number of alkyl halides is 3. The fraction of sp³-hybridized carbons (Fsp3) is 0.462. The molecule has 2 N–H and O–H groups in total. The van der Waals surface area contributed by atoms with Gasteiger partial charge in [0.2, 0.25) is 11.8 Å². The van der Waals surface area contributed by atoms with E-state index in [9.17, 15) is 22.8 Å². The molecule has 2 aliphatic heterocycles. The number of carbonyl (C=O) groups excluding carboxylic acids is 2. The van der Waals surface area contributed by atoms with Gasteiger partial charge in [-0.15, -0.1) is 0 Å². The molecule has 2 fully saturated rings. The van der Waals surface area contributed by atoms with Gasteiger partial charge in [0.25, 0.3) is 0 Å². The van der Waals surface area contributed by atoms with Gasteiger partial charge in [0.05, 0.1) is 17.5 Å². The smallest absolute Gasteiger partial charge is 0.381 e. The molecule has 0 aliphatic carbocycles. The first-order chi connectivity index (χ1) is 16.8. The normalized spacial score (nSPS) is 19.2. The molecule has 2 aromatic rings. The molecule has 9 heteroatoms. The zero-order chi connectivity index (χ0) is 24.9. The highest BCUT2D eigenvalue weighted by molar-refractivity contribution is 5.92. The van der Waals surface area contributed by atoms with Crippen LogP contribution in [0, 0.1) is 0 Å². The van der Waals surface area contributed by atoms with Gasteiger partial charge in [-0.25, -0.2) is 0 Å². The molecule has 0 saturated carbocycles. The number of benzene rings is 2. The summed E-state index contributed by atoms with van der Waals surface area (Å²) in [4.78, 5) is 27.9. The van der Waals surface area contributed by atoms with Crippen LogP contribution in [0.1, 0.15) is 36.8 Å². The number of amides is 2. The third-order valence-corrected chi connectivity index (χ3v) is 6.87. The van der Waals surface area contributed by atoms with E-state index in [0.717, 1.165) is 17.8 Å². The molecule has 0 bridgehead atoms. The highest BCUT2D eigenvalue weighted by Gasteiger charge is 2.44. The molecule has 0 spiro atoms. The van der Waals surface area contributed by atoms with Crippen LogP contribution in [0.15, 0.2) is 54.6 Å². The molecule has 6 nitrogen and oxygen atoms in total. The van der Waals surface area contributed by atoms with Gasteiger partial charge < -0.3 is 15.4 Å². The highest BCUT2D eigenvalue weighted by Crippen LogP contribution is 2.38. The number of anilines is 1. The number of piperidine rings is 1. The van der Waals surface area contributed by atoms with Gasteiger partial charge in [0.1, 0.15) is 0 Å². The number of hydrogen-bond donors (Lipinski definition) is 2. The molecule has 2 aliphatic rings. The van der Waals surface area contributed by atoms with Crippen molar-refractivity contribution < 1.29 is 27.5 Å². The summed E-state index contributed by atoms with van der Waals surface area (Å²) in [5, 5.41) is 5.97. The SMILES string of the molecule is O=C(CN1CCC(NC(=O)C2(c3cccc(C(F)(F)F)c3)CCOCC2)CC1)Nc1ccccc1. The van der Waals surface area contributed by atoms with E-state index < -0.39 is 17.2 Å². The van der Waals surface area contributed by atoms with E-state index in [-0.39, 0.29) is 24.4 Å². The second kappa shape index (κ2) is 10.8. The Hall–Kier alpha value is -2.91. The number of carbonyl (C=O) groups is 2. The van der Waals surface area contributed by atoms with Crippen LogP contribution in [0.3, 0.4) is 0 Å². The van der Waals surface area contributed by atoms with E-state index in [2.05, 4.69) is 10.6 Å². The minimum Gasteiger partial charge on any atom is -0.381 e. The summed E-state index contributed by atoms with van der Waals surface area (Å²) in [5.74, 6) is -0.343. The monoisotopic (exact) mass is 489 g/mol. The van der Waals surface area contributed by atoms with Crippen molar-refractivity contribution in [1.29, 1.82) is 0 Å². The molecule has 0 radical (unpaired) electrons. The van der Waals surface area contributed by atoms with Crippen molar-refractivity contribution in [3.8, 4) is 0 Å². The molecule has 4 rings (SSSR count). The first-order valence-electron chi connectivity index (χ1n) is 11.9. The topological polar surface area (TPSA) is 70.7 Å². The van der Waals surface area contributed by atoms with Gasteiger partial charge in [-0.1, -0.05) is 36.4 Å². The Morgan fingerprint density at radius 2 is 1.69 bits per heavy atom. The summed E-state index contributed by atoms with van der Waals surface area (Å²) in [5.41, 5.74) is -0.679. The third kappa shape index (κ3) is 6.21. The number of ether oxygens (including phenoxy) is 1. The third-order valence-electron chi connectivity index (χ3n) is 6.87. The van der Waals surface area contributed by atoms with E-state index >= 15 is 0 Å². The Bertz CT molecular complexity index is 1020. The van der Waals surface area contributed by atoms with Gasteiger partial charge in [-0.05, 0) is 49.4 Å². The summed E-state index contributed by atoms with van der Waals surface area (Å²) < 4.78 is 45.4. The van der Waals surface area contributed by atoms with Crippen molar-refractivity contribution in [3.63, 3.8) is 0 Å². The lowest BCUT2D eigenvalue weighted by molar-refractivity contribution is -0.138. The van der Waals surface area contributed by atoms with Gasteiger partial charge in [-0.3, -0.25) is 14.5 Å². The number of para-hydroxylation sites is 1. The van der Waals surface area contributed by atoms with E-state index in [1.807, 2.05) is 35.2 Å². The van der Waals surface area contributed by atoms with Gasteiger partial charge >= 0.3 is 6.18 Å². The molecule has 2 saturated heterocycles. The molecule has 35 heavy (non-hydrogen) atoms. The molecule has 2 heterocycles. The zero-order valence-electron chi connectivity index (χ0n) is 19.4. The van der Waals surface area contributed by atoms with E-state index in [1.165, 1.54) is 6.07 Å². The molecule has 0 atom stereocenters. The van der Waals surface area contributed by atoms with Crippen molar-refractivity contribution in [1.82, 2.24) is 10.2 Å². The fourth-order valence-corrected chi connectivity index (χ4v) is 4.84. The second-order valence-corrected chi connectivity index (χ2v) is 9.21. The van der Waals surface area contributed by atoms with E-state index in [4.69, 9.17) is 4.74 Å². The lowest BCUT2D eigenvalue weighted by Gasteiger charge is -2.39. The number of hydrogen-bond acceptors (Lipinski definition) is 4. The van der Waals surface area contributed by atoms with E-state index in [0.29, 0.717) is 57.6 Å². The van der Waals surface area contributed by atoms with Gasteiger partial charge in [-0.2, -0.15) is 13.2 Å². The zero-order valence-corrected chi connectivity index (χ0v) is 19.4. The van der Waals surface area contributed by atoms with Crippen LogP contribution >= 0.6 is 0 Å². The highest BCUT2D eigenvalue weighted by atomic mass is 19.4. The lowest BCUT2D eigenvalue weighted by Crippen LogP contribution is -2.53. The van der Waals surface area contributed by atoms with Crippen LogP contribution in [0.4, 0.5) is 18.9 Å². The Balaban J connectivity index is 1.36. The molecular weight excluding hydrogens is 459 g/mol. The van der Waals surface area contributed by atoms with Crippen LogP contribution in [-0.4, -0.2) is 55.6 Å². The van der Waals surface area contributed by atoms with Crippen LogP contribution < -0.4 is 10.6 Å². The van der Waals surface area contributed by atoms with Gasteiger partial charge in [0, 0.05) is 38.0 Å². The van der Waals surface area contributed by atoms with Crippen molar-refractivity contribution in [2.75, 3.05) is 38.2 Å². The second-order valence-electron chi connectivity index (χ2n) is 9.21. The Morgan fingerprint density at radius 3 is 2.34 bits per heavy atom. The standard InChI is InChI=1S/C26H30F3N3O3/c27-26(28,29)20-6-4-5-19(17-20)25(11-15-35-16-12-25)24(34)31-22-9-13-32(14-10-22)18-23(33)30-21-7-2-1-3-8-21/h1-8,17,22H,9-16,18H2,(H,30,33)(H,31,34). The maximum absolute atomic E-state index is 13.5. The van der Waals surface area contributed by atoms with Crippen LogP contribution in [-0.2, 0) is 25.9 Å². The first kappa shape index (κ1) is 25.2. The molecule has 188 valence electrons. The summed E-state index contributed by atoms with van der Waals surface area (Å²) in [6.07, 6.45) is -2.48. The predicted octanol–water partition coefficient (Wildman–Crippen LogP) is 3.97. The largest absolute Gasteiger partial charge is 0.416 e. The van der Waals surface area contributed by atoms with Crippen molar-refractivity contribution in [2.45, 2.75) is 43.3 Å². The van der Waals surface area contributed by atoms with Crippen LogP contribution in [0.25, 0.3) is 0 Å². The first-order valence-corrected chi connectivity index (χ1v) is 11.9. The molecule has 0 unspecified atom stereocenters. The lowest BCUT2D eigenvalue weighted by atomic mass is 9.72. The number of nitrogens with one attached hydrogen (secondary N) is 2. The molecule has 2 aromatic carbocycles. The van der Waals surface area contributed by atoms with Crippen molar-refractivity contribution in [2.24, 2.45) is 0 Å². The van der Waals surface area contributed by atoms with Gasteiger partial charge in [0.15, 0.2) is 0 Å². The Morgan fingerprint density at radius 1 is 1.00 bits per heavy atom. The summed E-state index contributed by atoms with van der Waals surface area (Å²) in [7, 11) is 0. The van der Waals surface area contributed by atoms with E-state index in [1.54, 1.807) is 6.07 Å². The summed E-state index contributed by atoms with van der Waals surface area (Å²) >= 11 is 0. The van der Waals surface area contributed by atoms with Crippen LogP contribution in [0.5, 0.6) is 0 Å². The molecule has 0 aromatic heterocycles. The van der Waals surface area contributed by atoms with Crippen molar-refractivity contribution in [3.05, 3.63) is 65.7 Å². The fourth-order valence-electron chi connectivity index (χ4n) is 4.84.